The average molecular weight is 407 g/mol. The lowest BCUT2D eigenvalue weighted by Gasteiger charge is -2.36. The second-order valence-corrected chi connectivity index (χ2v) is 7.27. The van der Waals surface area contributed by atoms with Gasteiger partial charge in [-0.1, -0.05) is 80.6 Å². The first-order valence-electron chi connectivity index (χ1n) is 10.5. The summed E-state index contributed by atoms with van der Waals surface area (Å²) >= 11 is 0. The third kappa shape index (κ3) is 4.50. The summed E-state index contributed by atoms with van der Waals surface area (Å²) in [7, 11) is 0. The topological polar surface area (TPSA) is 58.9 Å². The van der Waals surface area contributed by atoms with Gasteiger partial charge in [0.1, 0.15) is 17.6 Å². The highest BCUT2D eigenvalue weighted by Crippen LogP contribution is 2.47. The molecule has 3 aromatic rings. The van der Waals surface area contributed by atoms with E-state index in [2.05, 4.69) is 0 Å². The molecule has 0 saturated heterocycles. The van der Waals surface area contributed by atoms with Gasteiger partial charge in [-0.2, -0.15) is 0 Å². The van der Waals surface area contributed by atoms with Crippen molar-refractivity contribution in [2.45, 2.75) is 38.4 Å². The molecule has 0 saturated carbocycles. The smallest absolute Gasteiger partial charge is 0.152 e. The highest BCUT2D eigenvalue weighted by Gasteiger charge is 2.44. The number of rotatable bonds is 10. The van der Waals surface area contributed by atoms with Crippen LogP contribution in [0.4, 0.5) is 0 Å². The van der Waals surface area contributed by atoms with Gasteiger partial charge in [0.2, 0.25) is 0 Å². The predicted octanol–water partition coefficient (Wildman–Crippen LogP) is 5.23. The Morgan fingerprint density at radius 3 is 1.60 bits per heavy atom. The number of para-hydroxylation sites is 2. The number of aliphatic hydroxyl groups is 2. The molecule has 0 spiro atoms. The summed E-state index contributed by atoms with van der Waals surface area (Å²) in [5, 5.41) is 23.7. The van der Waals surface area contributed by atoms with Crippen molar-refractivity contribution in [2.24, 2.45) is 0 Å². The third-order valence-corrected chi connectivity index (χ3v) is 5.03. The van der Waals surface area contributed by atoms with Crippen molar-refractivity contribution >= 4 is 0 Å². The summed E-state index contributed by atoms with van der Waals surface area (Å²) in [6.07, 6.45) is 0.449. The van der Waals surface area contributed by atoms with Gasteiger partial charge in [0.05, 0.1) is 13.2 Å². The SMILES string of the molecule is CCCOc1ccccc1C(O)(c1ccccc1OCCC)C(O)c1ccccc1. The standard InChI is InChI=1S/C26H30O4/c1-3-18-29-23-16-10-8-14-21(23)26(28,25(27)20-12-6-5-7-13-20)22-15-9-11-17-24(22)30-19-4-2/h5-17,25,27-28H,3-4,18-19H2,1-2H3. The first-order valence-corrected chi connectivity index (χ1v) is 10.5. The third-order valence-electron chi connectivity index (χ3n) is 5.03. The number of hydrogen-bond acceptors (Lipinski definition) is 4. The van der Waals surface area contributed by atoms with E-state index in [1.807, 2.05) is 68.4 Å². The maximum absolute atomic E-state index is 12.2. The minimum Gasteiger partial charge on any atom is -0.493 e. The largest absolute Gasteiger partial charge is 0.493 e. The van der Waals surface area contributed by atoms with E-state index in [1.54, 1.807) is 24.3 Å². The monoisotopic (exact) mass is 406 g/mol. The zero-order valence-electron chi connectivity index (χ0n) is 17.6. The van der Waals surface area contributed by atoms with Crippen molar-refractivity contribution < 1.29 is 19.7 Å². The first-order chi connectivity index (χ1) is 14.6. The molecule has 0 fully saturated rings. The van der Waals surface area contributed by atoms with E-state index in [4.69, 9.17) is 9.47 Å². The zero-order valence-corrected chi connectivity index (χ0v) is 17.6. The molecular weight excluding hydrogens is 376 g/mol. The van der Waals surface area contributed by atoms with Crippen LogP contribution in [0.5, 0.6) is 11.5 Å². The Labute approximate surface area is 178 Å². The van der Waals surface area contributed by atoms with Crippen LogP contribution in [0.3, 0.4) is 0 Å². The van der Waals surface area contributed by atoms with Crippen molar-refractivity contribution in [1.82, 2.24) is 0 Å². The van der Waals surface area contributed by atoms with E-state index in [9.17, 15) is 10.2 Å². The van der Waals surface area contributed by atoms with Crippen LogP contribution >= 0.6 is 0 Å². The predicted molar refractivity (Wildman–Crippen MR) is 119 cm³/mol. The molecule has 1 unspecified atom stereocenters. The summed E-state index contributed by atoms with van der Waals surface area (Å²) in [6.45, 7) is 5.09. The Morgan fingerprint density at radius 1 is 0.700 bits per heavy atom. The molecule has 1 atom stereocenters. The fourth-order valence-electron chi connectivity index (χ4n) is 3.56. The highest BCUT2D eigenvalue weighted by molar-refractivity contribution is 5.52. The quantitative estimate of drug-likeness (QED) is 0.484. The Hall–Kier alpha value is -2.82. The number of aliphatic hydroxyl groups excluding tert-OH is 1. The zero-order chi connectivity index (χ0) is 21.4. The molecular formula is C26H30O4. The summed E-state index contributed by atoms with van der Waals surface area (Å²) < 4.78 is 11.9. The molecule has 3 rings (SSSR count). The van der Waals surface area contributed by atoms with E-state index in [1.165, 1.54) is 0 Å². The van der Waals surface area contributed by atoms with Crippen LogP contribution in [0.15, 0.2) is 78.9 Å². The van der Waals surface area contributed by atoms with Gasteiger partial charge < -0.3 is 19.7 Å². The van der Waals surface area contributed by atoms with E-state index < -0.39 is 11.7 Å². The van der Waals surface area contributed by atoms with Crippen LogP contribution in [-0.2, 0) is 5.60 Å². The second-order valence-electron chi connectivity index (χ2n) is 7.27. The van der Waals surface area contributed by atoms with E-state index in [0.717, 1.165) is 12.8 Å². The molecule has 0 bridgehead atoms. The minimum atomic E-state index is -1.77. The Morgan fingerprint density at radius 2 is 1.13 bits per heavy atom. The first kappa shape index (κ1) is 21.9. The maximum Gasteiger partial charge on any atom is 0.152 e. The van der Waals surface area contributed by atoms with Gasteiger partial charge in [-0.15, -0.1) is 0 Å². The van der Waals surface area contributed by atoms with Crippen molar-refractivity contribution in [1.29, 1.82) is 0 Å². The Balaban J connectivity index is 2.21. The molecule has 0 aliphatic carbocycles. The molecule has 0 aliphatic heterocycles. The fourth-order valence-corrected chi connectivity index (χ4v) is 3.56. The molecule has 0 aromatic heterocycles. The van der Waals surface area contributed by atoms with E-state index in [-0.39, 0.29) is 0 Å². The fraction of sp³-hybridized carbons (Fsp3) is 0.308. The van der Waals surface area contributed by atoms with Gasteiger partial charge in [0.25, 0.3) is 0 Å². The molecule has 4 heteroatoms. The van der Waals surface area contributed by atoms with Gasteiger partial charge in [-0.05, 0) is 30.5 Å². The molecule has 3 aromatic carbocycles. The highest BCUT2D eigenvalue weighted by atomic mass is 16.5. The number of hydrogen-bond donors (Lipinski definition) is 2. The van der Waals surface area contributed by atoms with Crippen LogP contribution in [0, 0.1) is 0 Å². The molecule has 0 aliphatic rings. The molecule has 0 heterocycles. The Kier molecular flexibility index (Phi) is 7.50. The molecule has 158 valence electrons. The van der Waals surface area contributed by atoms with Crippen LogP contribution < -0.4 is 9.47 Å². The van der Waals surface area contributed by atoms with Crippen molar-refractivity contribution in [3.63, 3.8) is 0 Å². The van der Waals surface area contributed by atoms with Gasteiger partial charge in [-0.3, -0.25) is 0 Å². The van der Waals surface area contributed by atoms with Crippen molar-refractivity contribution in [2.75, 3.05) is 13.2 Å². The van der Waals surface area contributed by atoms with Gasteiger partial charge in [0, 0.05) is 11.1 Å². The van der Waals surface area contributed by atoms with Crippen LogP contribution in [0.25, 0.3) is 0 Å². The lowest BCUT2D eigenvalue weighted by atomic mass is 9.78. The summed E-state index contributed by atoms with van der Waals surface area (Å²) in [5.41, 5.74) is -0.156. The van der Waals surface area contributed by atoms with Gasteiger partial charge in [0.15, 0.2) is 5.60 Å². The molecule has 0 amide bonds. The van der Waals surface area contributed by atoms with Gasteiger partial charge >= 0.3 is 0 Å². The minimum absolute atomic E-state index is 0.502. The van der Waals surface area contributed by atoms with Crippen molar-refractivity contribution in [3.8, 4) is 11.5 Å². The van der Waals surface area contributed by atoms with Crippen LogP contribution in [0.1, 0.15) is 49.5 Å². The van der Waals surface area contributed by atoms with Gasteiger partial charge in [-0.25, -0.2) is 0 Å². The van der Waals surface area contributed by atoms with Crippen molar-refractivity contribution in [3.05, 3.63) is 95.6 Å². The number of ether oxygens (including phenoxy) is 2. The molecule has 0 radical (unpaired) electrons. The maximum atomic E-state index is 12.2. The molecule has 30 heavy (non-hydrogen) atoms. The summed E-state index contributed by atoms with van der Waals surface area (Å²) in [4.78, 5) is 0. The summed E-state index contributed by atoms with van der Waals surface area (Å²) in [6, 6.07) is 23.8. The van der Waals surface area contributed by atoms with E-state index in [0.29, 0.717) is 41.4 Å². The normalized spacial score (nSPS) is 12.4. The second kappa shape index (κ2) is 10.3. The molecule has 4 nitrogen and oxygen atoms in total. The van der Waals surface area contributed by atoms with Crippen LogP contribution in [0.2, 0.25) is 0 Å². The Bertz CT molecular complexity index is 872. The molecule has 2 N–H and O–H groups in total. The van der Waals surface area contributed by atoms with E-state index >= 15 is 0 Å². The average Bonchev–Trinajstić information content (AvgIpc) is 2.81. The summed E-state index contributed by atoms with van der Waals surface area (Å²) in [5.74, 6) is 1.09. The lowest BCUT2D eigenvalue weighted by Crippen LogP contribution is -2.36. The number of benzene rings is 3. The van der Waals surface area contributed by atoms with Crippen LogP contribution in [-0.4, -0.2) is 23.4 Å². The lowest BCUT2D eigenvalue weighted by molar-refractivity contribution is -0.0547.